The molecular weight excluding hydrogens is 306 g/mol. The fourth-order valence-corrected chi connectivity index (χ4v) is 2.68. The lowest BCUT2D eigenvalue weighted by molar-refractivity contribution is -0.122. The van der Waals surface area contributed by atoms with E-state index in [1.807, 2.05) is 30.3 Å². The van der Waals surface area contributed by atoms with Crippen molar-refractivity contribution in [1.82, 2.24) is 0 Å². The van der Waals surface area contributed by atoms with E-state index in [4.69, 9.17) is 4.74 Å². The maximum Gasteiger partial charge on any atom is 0.340 e. The van der Waals surface area contributed by atoms with Gasteiger partial charge in [-0.05, 0) is 17.7 Å². The van der Waals surface area contributed by atoms with Gasteiger partial charge in [-0.1, -0.05) is 49.4 Å². The van der Waals surface area contributed by atoms with Crippen molar-refractivity contribution < 1.29 is 19.1 Å². The van der Waals surface area contributed by atoms with Crippen LogP contribution >= 0.6 is 0 Å². The van der Waals surface area contributed by atoms with Crippen LogP contribution in [0.15, 0.2) is 54.6 Å². The number of carbonyl (C=O) groups excluding carboxylic acids is 3. The van der Waals surface area contributed by atoms with E-state index in [1.54, 1.807) is 31.2 Å². The predicted octanol–water partition coefficient (Wildman–Crippen LogP) is 2.94. The number of amides is 2. The Labute approximate surface area is 139 Å². The number of para-hydroxylation sites is 1. The lowest BCUT2D eigenvalue weighted by atomic mass is 10.1. The number of ether oxygens (including phenoxy) is 1. The maximum absolute atomic E-state index is 12.4. The summed E-state index contributed by atoms with van der Waals surface area (Å²) in [5.74, 6) is -1.51. The van der Waals surface area contributed by atoms with Crippen molar-refractivity contribution in [3.8, 4) is 0 Å². The number of anilines is 1. The fraction of sp³-hybridized carbons (Fsp3) is 0.211. The third-order valence-electron chi connectivity index (χ3n) is 3.95. The van der Waals surface area contributed by atoms with Crippen LogP contribution in [-0.4, -0.2) is 17.8 Å². The Balaban J connectivity index is 1.83. The number of imide groups is 1. The Morgan fingerprint density at radius 3 is 2.42 bits per heavy atom. The standard InChI is InChI=1S/C19H17NO4/c1-13-11-17(21)20(18(13)22)16-10-6-5-9-15(16)19(23)24-12-14-7-3-2-4-8-14/h2-10,13H,11-12H2,1H3. The highest BCUT2D eigenvalue weighted by molar-refractivity contribution is 6.22. The van der Waals surface area contributed by atoms with Crippen LogP contribution in [0.1, 0.15) is 29.3 Å². The number of hydrogen-bond donors (Lipinski definition) is 0. The lowest BCUT2D eigenvalue weighted by Crippen LogP contribution is -2.31. The van der Waals surface area contributed by atoms with E-state index >= 15 is 0 Å². The minimum atomic E-state index is -0.561. The smallest absolute Gasteiger partial charge is 0.340 e. The zero-order valence-electron chi connectivity index (χ0n) is 13.3. The molecule has 0 saturated carbocycles. The molecule has 0 radical (unpaired) electrons. The molecule has 24 heavy (non-hydrogen) atoms. The van der Waals surface area contributed by atoms with E-state index in [0.29, 0.717) is 0 Å². The molecule has 2 aromatic rings. The quantitative estimate of drug-likeness (QED) is 0.641. The molecule has 1 aliphatic heterocycles. The van der Waals surface area contributed by atoms with Crippen molar-refractivity contribution >= 4 is 23.5 Å². The summed E-state index contributed by atoms with van der Waals surface area (Å²) in [5, 5.41) is 0. The second-order valence-electron chi connectivity index (χ2n) is 5.75. The maximum atomic E-state index is 12.4. The average Bonchev–Trinajstić information content (AvgIpc) is 2.86. The summed E-state index contributed by atoms with van der Waals surface area (Å²) < 4.78 is 5.32. The van der Waals surface area contributed by atoms with Gasteiger partial charge >= 0.3 is 5.97 Å². The van der Waals surface area contributed by atoms with Gasteiger partial charge in [0.05, 0.1) is 11.3 Å². The Kier molecular flexibility index (Phi) is 4.42. The van der Waals surface area contributed by atoms with Crippen LogP contribution in [0.2, 0.25) is 0 Å². The summed E-state index contributed by atoms with van der Waals surface area (Å²) in [6.45, 7) is 1.84. The topological polar surface area (TPSA) is 63.7 Å². The zero-order chi connectivity index (χ0) is 17.1. The minimum Gasteiger partial charge on any atom is -0.457 e. The minimum absolute atomic E-state index is 0.131. The van der Waals surface area contributed by atoms with E-state index in [0.717, 1.165) is 10.5 Å². The van der Waals surface area contributed by atoms with E-state index in [-0.39, 0.29) is 42.0 Å². The number of nitrogens with zero attached hydrogens (tertiary/aromatic N) is 1. The predicted molar refractivity (Wildman–Crippen MR) is 88.3 cm³/mol. The highest BCUT2D eigenvalue weighted by atomic mass is 16.5. The Morgan fingerprint density at radius 1 is 1.08 bits per heavy atom. The Bertz CT molecular complexity index is 785. The van der Waals surface area contributed by atoms with E-state index < -0.39 is 5.97 Å². The summed E-state index contributed by atoms with van der Waals surface area (Å²) in [4.78, 5) is 37.8. The van der Waals surface area contributed by atoms with Crippen molar-refractivity contribution in [3.63, 3.8) is 0 Å². The van der Waals surface area contributed by atoms with Crippen LogP contribution in [0, 0.1) is 5.92 Å². The number of hydrogen-bond acceptors (Lipinski definition) is 4. The number of rotatable bonds is 4. The van der Waals surface area contributed by atoms with Crippen LogP contribution in [-0.2, 0) is 20.9 Å². The van der Waals surface area contributed by atoms with Gasteiger partial charge in [0.2, 0.25) is 11.8 Å². The Morgan fingerprint density at radius 2 is 1.75 bits per heavy atom. The van der Waals surface area contributed by atoms with Gasteiger partial charge in [-0.25, -0.2) is 9.69 Å². The first-order valence-corrected chi connectivity index (χ1v) is 7.75. The molecule has 0 N–H and O–H groups in total. The normalized spacial score (nSPS) is 17.2. The Hall–Kier alpha value is -2.95. The molecule has 2 aromatic carbocycles. The zero-order valence-corrected chi connectivity index (χ0v) is 13.3. The summed E-state index contributed by atoms with van der Waals surface area (Å²) in [6.07, 6.45) is 0.159. The van der Waals surface area contributed by atoms with Crippen LogP contribution < -0.4 is 4.90 Å². The largest absolute Gasteiger partial charge is 0.457 e. The van der Waals surface area contributed by atoms with Crippen LogP contribution in [0.25, 0.3) is 0 Å². The number of benzene rings is 2. The molecule has 1 unspecified atom stereocenters. The average molecular weight is 323 g/mol. The molecule has 1 aliphatic rings. The molecule has 5 nitrogen and oxygen atoms in total. The van der Waals surface area contributed by atoms with E-state index in [2.05, 4.69) is 0 Å². The van der Waals surface area contributed by atoms with Gasteiger partial charge in [-0.3, -0.25) is 9.59 Å². The summed E-state index contributed by atoms with van der Waals surface area (Å²) in [6, 6.07) is 15.8. The van der Waals surface area contributed by atoms with Gasteiger partial charge in [-0.15, -0.1) is 0 Å². The molecule has 1 fully saturated rings. The second-order valence-corrected chi connectivity index (χ2v) is 5.75. The summed E-state index contributed by atoms with van der Waals surface area (Å²) in [5.41, 5.74) is 1.37. The van der Waals surface area contributed by atoms with Gasteiger partial charge in [0.15, 0.2) is 0 Å². The summed E-state index contributed by atoms with van der Waals surface area (Å²) in [7, 11) is 0. The third-order valence-corrected chi connectivity index (χ3v) is 3.95. The molecule has 0 aliphatic carbocycles. The van der Waals surface area contributed by atoms with E-state index in [1.165, 1.54) is 0 Å². The molecule has 1 heterocycles. The molecule has 122 valence electrons. The van der Waals surface area contributed by atoms with Crippen LogP contribution in [0.3, 0.4) is 0 Å². The monoisotopic (exact) mass is 323 g/mol. The highest BCUT2D eigenvalue weighted by Crippen LogP contribution is 2.29. The van der Waals surface area contributed by atoms with Crippen LogP contribution in [0.5, 0.6) is 0 Å². The van der Waals surface area contributed by atoms with Crippen molar-refractivity contribution in [1.29, 1.82) is 0 Å². The summed E-state index contributed by atoms with van der Waals surface area (Å²) >= 11 is 0. The fourth-order valence-electron chi connectivity index (χ4n) is 2.68. The van der Waals surface area contributed by atoms with Gasteiger partial charge < -0.3 is 4.74 Å². The van der Waals surface area contributed by atoms with Crippen molar-refractivity contribution in [2.45, 2.75) is 20.0 Å². The van der Waals surface area contributed by atoms with Crippen molar-refractivity contribution in [2.75, 3.05) is 4.90 Å². The molecule has 3 rings (SSSR count). The highest BCUT2D eigenvalue weighted by Gasteiger charge is 2.38. The van der Waals surface area contributed by atoms with Gasteiger partial charge in [0.25, 0.3) is 0 Å². The SMILES string of the molecule is CC1CC(=O)N(c2ccccc2C(=O)OCc2ccccc2)C1=O. The molecule has 0 aromatic heterocycles. The second kappa shape index (κ2) is 6.66. The molecule has 5 heteroatoms. The molecule has 1 saturated heterocycles. The van der Waals surface area contributed by atoms with Gasteiger partial charge in [-0.2, -0.15) is 0 Å². The van der Waals surface area contributed by atoms with Crippen molar-refractivity contribution in [2.24, 2.45) is 5.92 Å². The van der Waals surface area contributed by atoms with E-state index in [9.17, 15) is 14.4 Å². The molecule has 0 spiro atoms. The number of carbonyl (C=O) groups is 3. The number of esters is 1. The first-order valence-electron chi connectivity index (χ1n) is 7.75. The molecule has 2 amide bonds. The first kappa shape index (κ1) is 15.9. The third kappa shape index (κ3) is 3.06. The van der Waals surface area contributed by atoms with Gasteiger partial charge in [0, 0.05) is 12.3 Å². The first-order chi connectivity index (χ1) is 11.6. The molecule has 1 atom stereocenters. The molecular formula is C19H17NO4. The molecule has 0 bridgehead atoms. The lowest BCUT2D eigenvalue weighted by Gasteiger charge is -2.17. The van der Waals surface area contributed by atoms with Crippen molar-refractivity contribution in [3.05, 3.63) is 65.7 Å². The van der Waals surface area contributed by atoms with Crippen LogP contribution in [0.4, 0.5) is 5.69 Å². The van der Waals surface area contributed by atoms with Gasteiger partial charge in [0.1, 0.15) is 6.61 Å².